The molecule has 0 spiro atoms. The largest absolute Gasteiger partial charge is 0.328 e. The highest BCUT2D eigenvalue weighted by Gasteiger charge is 2.10. The quantitative estimate of drug-likeness (QED) is 0.615. The fourth-order valence-corrected chi connectivity index (χ4v) is 3.35. The molecule has 7 nitrogen and oxygen atoms in total. The van der Waals surface area contributed by atoms with Crippen molar-refractivity contribution in [3.05, 3.63) is 74.9 Å². The predicted molar refractivity (Wildman–Crippen MR) is 115 cm³/mol. The average molecular weight is 394 g/mol. The molecular formula is C22H26N4O3. The zero-order valence-corrected chi connectivity index (χ0v) is 16.8. The number of amides is 1. The minimum absolute atomic E-state index is 0.121. The van der Waals surface area contributed by atoms with Crippen molar-refractivity contribution in [2.24, 2.45) is 0 Å². The van der Waals surface area contributed by atoms with Crippen LogP contribution in [-0.2, 0) is 17.9 Å². The molecule has 152 valence electrons. The lowest BCUT2D eigenvalue weighted by molar-refractivity contribution is -0.116. The summed E-state index contributed by atoms with van der Waals surface area (Å²) in [5.41, 5.74) is 1.46. The Morgan fingerprint density at radius 3 is 2.59 bits per heavy atom. The summed E-state index contributed by atoms with van der Waals surface area (Å²) in [6, 6.07) is 14.7. The van der Waals surface area contributed by atoms with Crippen LogP contribution in [0.3, 0.4) is 0 Å². The summed E-state index contributed by atoms with van der Waals surface area (Å²) in [7, 11) is 0. The Hall–Kier alpha value is -3.19. The van der Waals surface area contributed by atoms with Gasteiger partial charge in [-0.25, -0.2) is 4.79 Å². The van der Waals surface area contributed by atoms with E-state index in [0.29, 0.717) is 10.9 Å². The number of nitrogens with zero attached hydrogens (tertiary/aromatic N) is 2. The van der Waals surface area contributed by atoms with Crippen LogP contribution in [0.4, 0.5) is 5.69 Å². The van der Waals surface area contributed by atoms with Gasteiger partial charge in [-0.3, -0.25) is 24.0 Å². The van der Waals surface area contributed by atoms with Gasteiger partial charge in [0.1, 0.15) is 0 Å². The molecule has 3 aromatic rings. The van der Waals surface area contributed by atoms with Crippen molar-refractivity contribution in [2.45, 2.75) is 33.4 Å². The van der Waals surface area contributed by atoms with Crippen LogP contribution >= 0.6 is 0 Å². The second-order valence-corrected chi connectivity index (χ2v) is 6.89. The standard InChI is InChI=1S/C22H26N4O3/c1-3-25(4-2)15-16-8-7-9-17(14-16)23-20(27)12-13-26-19-11-6-5-10-18(19)21(28)24-22(26)29/h5-11,14H,3-4,12-13,15H2,1-2H3,(H,23,27)(H,24,28,29). The first kappa shape index (κ1) is 20.5. The summed E-state index contributed by atoms with van der Waals surface area (Å²) < 4.78 is 1.42. The lowest BCUT2D eigenvalue weighted by Gasteiger charge is -2.18. The number of para-hydroxylation sites is 1. The normalized spacial score (nSPS) is 11.1. The predicted octanol–water partition coefficient (Wildman–Crippen LogP) is 2.56. The Morgan fingerprint density at radius 1 is 1.07 bits per heavy atom. The van der Waals surface area contributed by atoms with Gasteiger partial charge < -0.3 is 5.32 Å². The number of nitrogens with one attached hydrogen (secondary N) is 2. The molecule has 0 saturated carbocycles. The van der Waals surface area contributed by atoms with Gasteiger partial charge in [0.05, 0.1) is 10.9 Å². The molecule has 0 fully saturated rings. The zero-order valence-electron chi connectivity index (χ0n) is 16.8. The minimum Gasteiger partial charge on any atom is -0.326 e. The van der Waals surface area contributed by atoms with Gasteiger partial charge in [-0.1, -0.05) is 38.1 Å². The van der Waals surface area contributed by atoms with E-state index in [4.69, 9.17) is 0 Å². The Labute approximate surface area is 169 Å². The van der Waals surface area contributed by atoms with E-state index in [-0.39, 0.29) is 18.9 Å². The number of carbonyl (C=O) groups excluding carboxylic acids is 1. The fraction of sp³-hybridized carbons (Fsp3) is 0.318. The number of aromatic nitrogens is 2. The Balaban J connectivity index is 1.69. The van der Waals surface area contributed by atoms with Crippen LogP contribution in [0.25, 0.3) is 10.9 Å². The second kappa shape index (κ2) is 9.34. The second-order valence-electron chi connectivity index (χ2n) is 6.89. The number of anilines is 1. The molecule has 1 amide bonds. The van der Waals surface area contributed by atoms with Gasteiger partial charge in [0.25, 0.3) is 5.56 Å². The van der Waals surface area contributed by atoms with Crippen LogP contribution in [0.2, 0.25) is 0 Å². The van der Waals surface area contributed by atoms with E-state index in [2.05, 4.69) is 29.0 Å². The average Bonchev–Trinajstić information content (AvgIpc) is 2.72. The van der Waals surface area contributed by atoms with Gasteiger partial charge in [-0.05, 0) is 42.9 Å². The van der Waals surface area contributed by atoms with Crippen LogP contribution in [0.1, 0.15) is 25.8 Å². The molecule has 0 saturated heterocycles. The monoisotopic (exact) mass is 394 g/mol. The Bertz CT molecular complexity index is 1110. The summed E-state index contributed by atoms with van der Waals surface area (Å²) in [5, 5.41) is 3.32. The third-order valence-corrected chi connectivity index (χ3v) is 4.98. The Morgan fingerprint density at radius 2 is 1.83 bits per heavy atom. The molecule has 0 atom stereocenters. The number of hydrogen-bond acceptors (Lipinski definition) is 4. The van der Waals surface area contributed by atoms with E-state index < -0.39 is 11.2 Å². The first-order valence-corrected chi connectivity index (χ1v) is 9.84. The van der Waals surface area contributed by atoms with E-state index >= 15 is 0 Å². The number of hydrogen-bond donors (Lipinski definition) is 2. The molecule has 0 radical (unpaired) electrons. The number of aromatic amines is 1. The van der Waals surface area contributed by atoms with Gasteiger partial charge in [0, 0.05) is 25.2 Å². The maximum Gasteiger partial charge on any atom is 0.328 e. The van der Waals surface area contributed by atoms with Crippen LogP contribution in [0, 0.1) is 0 Å². The highest BCUT2D eigenvalue weighted by molar-refractivity contribution is 5.90. The van der Waals surface area contributed by atoms with Crippen molar-refractivity contribution in [1.82, 2.24) is 14.5 Å². The number of H-pyrrole nitrogens is 1. The molecule has 2 aromatic carbocycles. The summed E-state index contributed by atoms with van der Waals surface area (Å²) in [4.78, 5) is 41.2. The molecule has 1 aromatic heterocycles. The Kier molecular flexibility index (Phi) is 6.61. The molecule has 0 bridgehead atoms. The third kappa shape index (κ3) is 5.00. The number of rotatable bonds is 8. The van der Waals surface area contributed by atoms with Gasteiger partial charge >= 0.3 is 5.69 Å². The van der Waals surface area contributed by atoms with E-state index in [9.17, 15) is 14.4 Å². The van der Waals surface area contributed by atoms with Gasteiger partial charge in [-0.15, -0.1) is 0 Å². The van der Waals surface area contributed by atoms with Crippen LogP contribution in [-0.4, -0.2) is 33.4 Å². The van der Waals surface area contributed by atoms with Crippen LogP contribution < -0.4 is 16.6 Å². The number of benzene rings is 2. The van der Waals surface area contributed by atoms with Crippen molar-refractivity contribution in [1.29, 1.82) is 0 Å². The number of carbonyl (C=O) groups is 1. The topological polar surface area (TPSA) is 87.2 Å². The third-order valence-electron chi connectivity index (χ3n) is 4.98. The van der Waals surface area contributed by atoms with Crippen LogP contribution in [0.5, 0.6) is 0 Å². The highest BCUT2D eigenvalue weighted by atomic mass is 16.2. The molecular weight excluding hydrogens is 368 g/mol. The van der Waals surface area contributed by atoms with Crippen molar-refractivity contribution >= 4 is 22.5 Å². The summed E-state index contributed by atoms with van der Waals surface area (Å²) in [5.74, 6) is -0.188. The molecule has 0 aliphatic heterocycles. The molecule has 29 heavy (non-hydrogen) atoms. The SMILES string of the molecule is CCN(CC)Cc1cccc(NC(=O)CCn2c(=O)[nH]c(=O)c3ccccc32)c1. The van der Waals surface area contributed by atoms with Crippen molar-refractivity contribution in [2.75, 3.05) is 18.4 Å². The fourth-order valence-electron chi connectivity index (χ4n) is 3.35. The number of aryl methyl sites for hydroxylation is 1. The maximum atomic E-state index is 12.4. The van der Waals surface area contributed by atoms with E-state index in [0.717, 1.165) is 30.9 Å². The van der Waals surface area contributed by atoms with Crippen molar-refractivity contribution in [3.8, 4) is 0 Å². The molecule has 1 heterocycles. The van der Waals surface area contributed by atoms with E-state index in [1.54, 1.807) is 24.3 Å². The first-order valence-electron chi connectivity index (χ1n) is 9.84. The molecule has 2 N–H and O–H groups in total. The minimum atomic E-state index is -0.511. The zero-order chi connectivity index (χ0) is 20.8. The molecule has 0 unspecified atom stereocenters. The van der Waals surface area contributed by atoms with Gasteiger partial charge in [-0.2, -0.15) is 0 Å². The van der Waals surface area contributed by atoms with Crippen LogP contribution in [0.15, 0.2) is 58.1 Å². The van der Waals surface area contributed by atoms with Crippen molar-refractivity contribution < 1.29 is 4.79 Å². The maximum absolute atomic E-state index is 12.4. The highest BCUT2D eigenvalue weighted by Crippen LogP contribution is 2.13. The number of fused-ring (bicyclic) bond motifs is 1. The van der Waals surface area contributed by atoms with E-state index in [1.165, 1.54) is 4.57 Å². The summed E-state index contributed by atoms with van der Waals surface area (Å²) in [6.45, 7) is 7.19. The first-order chi connectivity index (χ1) is 14.0. The smallest absolute Gasteiger partial charge is 0.326 e. The lowest BCUT2D eigenvalue weighted by Crippen LogP contribution is -2.31. The van der Waals surface area contributed by atoms with Crippen molar-refractivity contribution in [3.63, 3.8) is 0 Å². The molecule has 0 aliphatic rings. The molecule has 0 aliphatic carbocycles. The van der Waals surface area contributed by atoms with Gasteiger partial charge in [0.2, 0.25) is 5.91 Å². The molecule has 7 heteroatoms. The summed E-state index contributed by atoms with van der Waals surface area (Å²) in [6.07, 6.45) is 0.121. The van der Waals surface area contributed by atoms with Gasteiger partial charge in [0.15, 0.2) is 0 Å². The lowest BCUT2D eigenvalue weighted by atomic mass is 10.2. The molecule has 3 rings (SSSR count). The van der Waals surface area contributed by atoms with E-state index in [1.807, 2.05) is 24.3 Å². The summed E-state index contributed by atoms with van der Waals surface area (Å²) >= 11 is 0.